The van der Waals surface area contributed by atoms with Crippen molar-refractivity contribution in [3.63, 3.8) is 0 Å². The van der Waals surface area contributed by atoms with E-state index in [9.17, 15) is 4.79 Å². The van der Waals surface area contributed by atoms with Crippen molar-refractivity contribution in [1.29, 1.82) is 0 Å². The van der Waals surface area contributed by atoms with Crippen LogP contribution in [0.3, 0.4) is 0 Å². The minimum Gasteiger partial charge on any atom is -0.469 e. The van der Waals surface area contributed by atoms with Crippen LogP contribution in [0.2, 0.25) is 0 Å². The normalized spacial score (nSPS) is 23.9. The van der Waals surface area contributed by atoms with Gasteiger partial charge in [0.2, 0.25) is 0 Å². The Bertz CT molecular complexity index is 213. The Morgan fingerprint density at radius 1 is 1.57 bits per heavy atom. The summed E-state index contributed by atoms with van der Waals surface area (Å²) in [4.78, 5) is 13.8. The number of nitrogens with zero attached hydrogens (tertiary/aromatic N) is 1. The Labute approximate surface area is 86.4 Å². The predicted octanol–water partition coefficient (Wildman–Crippen LogP) is 1.53. The summed E-state index contributed by atoms with van der Waals surface area (Å²) in [6.07, 6.45) is 2.14. The number of likely N-dealkylation sites (tertiary alicyclic amines) is 1. The second-order valence-corrected chi connectivity index (χ2v) is 5.00. The Balaban J connectivity index is 2.46. The van der Waals surface area contributed by atoms with Crippen LogP contribution in [0.4, 0.5) is 0 Å². The molecule has 0 aromatic heterocycles. The summed E-state index contributed by atoms with van der Waals surface area (Å²) >= 11 is 0. The highest BCUT2D eigenvalue weighted by molar-refractivity contribution is 5.75. The molecule has 3 nitrogen and oxygen atoms in total. The van der Waals surface area contributed by atoms with Gasteiger partial charge in [-0.25, -0.2) is 0 Å². The average Bonchev–Trinajstić information content (AvgIpc) is 2.48. The van der Waals surface area contributed by atoms with Crippen molar-refractivity contribution in [1.82, 2.24) is 4.90 Å². The molecule has 3 heteroatoms. The van der Waals surface area contributed by atoms with Crippen LogP contribution in [0.5, 0.6) is 0 Å². The third-order valence-corrected chi connectivity index (χ3v) is 3.03. The van der Waals surface area contributed by atoms with Gasteiger partial charge in [0.25, 0.3) is 0 Å². The molecule has 1 saturated heterocycles. The first-order valence-electron chi connectivity index (χ1n) is 5.22. The molecule has 0 N–H and O–H groups in total. The van der Waals surface area contributed by atoms with E-state index in [1.165, 1.54) is 13.5 Å². The molecule has 1 aliphatic heterocycles. The van der Waals surface area contributed by atoms with Gasteiger partial charge in [0, 0.05) is 6.54 Å². The minimum absolute atomic E-state index is 0.0907. The van der Waals surface area contributed by atoms with E-state index in [2.05, 4.69) is 11.9 Å². The van der Waals surface area contributed by atoms with Gasteiger partial charge in [-0.15, -0.1) is 0 Å². The molecule has 1 heterocycles. The molecule has 0 aliphatic carbocycles. The number of rotatable bonds is 3. The molecule has 0 spiro atoms. The lowest BCUT2D eigenvalue weighted by Gasteiger charge is -2.24. The highest BCUT2D eigenvalue weighted by atomic mass is 16.5. The van der Waals surface area contributed by atoms with E-state index in [4.69, 9.17) is 4.74 Å². The van der Waals surface area contributed by atoms with Crippen LogP contribution in [-0.4, -0.2) is 38.1 Å². The van der Waals surface area contributed by atoms with Crippen LogP contribution in [0.15, 0.2) is 0 Å². The zero-order valence-electron chi connectivity index (χ0n) is 9.67. The maximum absolute atomic E-state index is 11.5. The van der Waals surface area contributed by atoms with Crippen molar-refractivity contribution in [2.24, 2.45) is 11.3 Å². The summed E-state index contributed by atoms with van der Waals surface area (Å²) in [6, 6.07) is 0. The summed E-state index contributed by atoms with van der Waals surface area (Å²) in [7, 11) is 3.59. The minimum atomic E-state index is -0.329. The molecule has 0 saturated carbocycles. The van der Waals surface area contributed by atoms with E-state index >= 15 is 0 Å². The van der Waals surface area contributed by atoms with Crippen LogP contribution in [0, 0.1) is 11.3 Å². The van der Waals surface area contributed by atoms with E-state index in [1.54, 1.807) is 0 Å². The van der Waals surface area contributed by atoms with Crippen LogP contribution in [0.1, 0.15) is 26.7 Å². The van der Waals surface area contributed by atoms with Gasteiger partial charge in [0.1, 0.15) is 0 Å². The molecule has 82 valence electrons. The SMILES string of the molecule is COC(=O)C(C)(C)CC1CCN(C)C1. The third-order valence-electron chi connectivity index (χ3n) is 3.03. The highest BCUT2D eigenvalue weighted by Gasteiger charge is 2.33. The van der Waals surface area contributed by atoms with Gasteiger partial charge in [0.05, 0.1) is 12.5 Å². The number of hydrogen-bond acceptors (Lipinski definition) is 3. The molecule has 1 atom stereocenters. The fourth-order valence-corrected chi connectivity index (χ4v) is 2.27. The summed E-state index contributed by atoms with van der Waals surface area (Å²) < 4.78 is 4.80. The van der Waals surface area contributed by atoms with Gasteiger partial charge in [-0.05, 0) is 46.2 Å². The number of hydrogen-bond donors (Lipinski definition) is 0. The van der Waals surface area contributed by atoms with Crippen molar-refractivity contribution in [2.45, 2.75) is 26.7 Å². The first-order valence-corrected chi connectivity index (χ1v) is 5.22. The van der Waals surface area contributed by atoms with Crippen molar-refractivity contribution < 1.29 is 9.53 Å². The number of ether oxygens (including phenoxy) is 1. The van der Waals surface area contributed by atoms with E-state index in [-0.39, 0.29) is 11.4 Å². The van der Waals surface area contributed by atoms with Crippen molar-refractivity contribution in [2.75, 3.05) is 27.2 Å². The quantitative estimate of drug-likeness (QED) is 0.646. The molecule has 1 fully saturated rings. The molecule has 0 aromatic carbocycles. The van der Waals surface area contributed by atoms with Crippen molar-refractivity contribution in [3.8, 4) is 0 Å². The highest BCUT2D eigenvalue weighted by Crippen LogP contribution is 2.31. The standard InChI is InChI=1S/C11H21NO2/c1-11(2,10(13)14-4)7-9-5-6-12(3)8-9/h9H,5-8H2,1-4H3. The molecule has 1 aliphatic rings. The van der Waals surface area contributed by atoms with Gasteiger partial charge in [0.15, 0.2) is 0 Å². The van der Waals surface area contributed by atoms with Gasteiger partial charge in [-0.3, -0.25) is 4.79 Å². The topological polar surface area (TPSA) is 29.5 Å². The number of carbonyl (C=O) groups is 1. The number of methoxy groups -OCH3 is 1. The van der Waals surface area contributed by atoms with Crippen molar-refractivity contribution >= 4 is 5.97 Å². The van der Waals surface area contributed by atoms with Gasteiger partial charge in [-0.1, -0.05) is 0 Å². The van der Waals surface area contributed by atoms with Crippen LogP contribution < -0.4 is 0 Å². The van der Waals surface area contributed by atoms with E-state index in [0.717, 1.165) is 19.5 Å². The molecular weight excluding hydrogens is 178 g/mol. The molecule has 1 rings (SSSR count). The van der Waals surface area contributed by atoms with Gasteiger partial charge >= 0.3 is 5.97 Å². The fraction of sp³-hybridized carbons (Fsp3) is 0.909. The fourth-order valence-electron chi connectivity index (χ4n) is 2.27. The zero-order chi connectivity index (χ0) is 10.8. The Kier molecular flexibility index (Phi) is 3.53. The molecular formula is C11H21NO2. The van der Waals surface area contributed by atoms with E-state index in [0.29, 0.717) is 5.92 Å². The predicted molar refractivity (Wildman–Crippen MR) is 56.0 cm³/mol. The molecule has 1 unspecified atom stereocenters. The number of carbonyl (C=O) groups excluding carboxylic acids is 1. The lowest BCUT2D eigenvalue weighted by Crippen LogP contribution is -2.29. The zero-order valence-corrected chi connectivity index (χ0v) is 9.67. The Morgan fingerprint density at radius 3 is 2.64 bits per heavy atom. The van der Waals surface area contributed by atoms with E-state index < -0.39 is 0 Å². The molecule has 0 bridgehead atoms. The Morgan fingerprint density at radius 2 is 2.21 bits per heavy atom. The molecule has 0 aromatic rings. The number of esters is 1. The smallest absolute Gasteiger partial charge is 0.311 e. The third kappa shape index (κ3) is 2.71. The maximum Gasteiger partial charge on any atom is 0.311 e. The molecule has 0 amide bonds. The van der Waals surface area contributed by atoms with Gasteiger partial charge < -0.3 is 9.64 Å². The molecule has 0 radical (unpaired) electrons. The monoisotopic (exact) mass is 199 g/mol. The van der Waals surface area contributed by atoms with E-state index in [1.807, 2.05) is 13.8 Å². The van der Waals surface area contributed by atoms with Crippen LogP contribution in [-0.2, 0) is 9.53 Å². The summed E-state index contributed by atoms with van der Waals surface area (Å²) in [5.41, 5.74) is -0.329. The second kappa shape index (κ2) is 4.30. The maximum atomic E-state index is 11.5. The summed E-state index contributed by atoms with van der Waals surface area (Å²) in [6.45, 7) is 6.21. The second-order valence-electron chi connectivity index (χ2n) is 5.00. The lowest BCUT2D eigenvalue weighted by molar-refractivity contribution is -0.151. The van der Waals surface area contributed by atoms with Crippen LogP contribution >= 0.6 is 0 Å². The molecule has 14 heavy (non-hydrogen) atoms. The van der Waals surface area contributed by atoms with Crippen molar-refractivity contribution in [3.05, 3.63) is 0 Å². The largest absolute Gasteiger partial charge is 0.469 e. The first-order chi connectivity index (χ1) is 6.45. The summed E-state index contributed by atoms with van der Waals surface area (Å²) in [5.74, 6) is 0.557. The van der Waals surface area contributed by atoms with Crippen LogP contribution in [0.25, 0.3) is 0 Å². The lowest BCUT2D eigenvalue weighted by atomic mass is 9.82. The first kappa shape index (κ1) is 11.5. The summed E-state index contributed by atoms with van der Waals surface area (Å²) in [5, 5.41) is 0. The van der Waals surface area contributed by atoms with Gasteiger partial charge in [-0.2, -0.15) is 0 Å². The average molecular weight is 199 g/mol. The Hall–Kier alpha value is -0.570.